The topological polar surface area (TPSA) is 24.1 Å². The number of allylic oxidation sites excluding steroid dienone is 5. The summed E-state index contributed by atoms with van der Waals surface area (Å²) in [5.74, 6) is 0. The maximum atomic E-state index is 3.75. The minimum atomic E-state index is 0.920. The molecule has 2 N–H and O–H groups in total. The summed E-state index contributed by atoms with van der Waals surface area (Å²) in [6.07, 6.45) is 9.16. The monoisotopic (exact) mass is 200 g/mol. The molecule has 1 aliphatic rings. The van der Waals surface area contributed by atoms with Crippen molar-refractivity contribution in [1.29, 1.82) is 0 Å². The zero-order chi connectivity index (χ0) is 11.3. The maximum Gasteiger partial charge on any atom is 0.0620 e. The van der Waals surface area contributed by atoms with Crippen LogP contribution >= 0.6 is 0 Å². The van der Waals surface area contributed by atoms with Gasteiger partial charge in [-0.15, -0.1) is 0 Å². The average molecular weight is 200 g/mol. The van der Waals surface area contributed by atoms with Gasteiger partial charge in [0.05, 0.1) is 22.8 Å². The third kappa shape index (κ3) is 2.29. The summed E-state index contributed by atoms with van der Waals surface area (Å²) in [5.41, 5.74) is 3.84. The fraction of sp³-hybridized carbons (Fsp3) is 0.0769. The van der Waals surface area contributed by atoms with Gasteiger partial charge >= 0.3 is 0 Å². The highest BCUT2D eigenvalue weighted by Gasteiger charge is 2.13. The van der Waals surface area contributed by atoms with E-state index in [1.807, 2.05) is 19.1 Å². The zero-order valence-electron chi connectivity index (χ0n) is 9.01. The molecule has 0 saturated heterocycles. The van der Waals surface area contributed by atoms with E-state index in [2.05, 4.69) is 30.4 Å². The molecule has 0 aromatic rings. The molecule has 0 atom stereocenters. The predicted molar refractivity (Wildman–Crippen MR) is 65.7 cm³/mol. The Bertz CT molecular complexity index is 381. The van der Waals surface area contributed by atoms with E-state index >= 15 is 0 Å². The molecule has 0 saturated carbocycles. The number of hydrogen-bond donors (Lipinski definition) is 2. The van der Waals surface area contributed by atoms with Gasteiger partial charge in [-0.25, -0.2) is 0 Å². The van der Waals surface area contributed by atoms with Crippen molar-refractivity contribution < 1.29 is 0 Å². The van der Waals surface area contributed by atoms with Crippen LogP contribution in [0.4, 0.5) is 0 Å². The molecule has 2 heteroatoms. The van der Waals surface area contributed by atoms with Gasteiger partial charge in [0.15, 0.2) is 0 Å². The number of nitrogens with one attached hydrogen (secondary N) is 2. The second-order valence-electron chi connectivity index (χ2n) is 3.00. The molecule has 15 heavy (non-hydrogen) atoms. The first-order valence-electron chi connectivity index (χ1n) is 4.79. The summed E-state index contributed by atoms with van der Waals surface area (Å²) >= 11 is 0. The fourth-order valence-electron chi connectivity index (χ4n) is 1.36. The molecule has 0 unspecified atom stereocenters. The summed E-state index contributed by atoms with van der Waals surface area (Å²) < 4.78 is 0. The van der Waals surface area contributed by atoms with E-state index in [0.717, 1.165) is 22.8 Å². The minimum Gasteiger partial charge on any atom is -0.352 e. The fourth-order valence-corrected chi connectivity index (χ4v) is 1.36. The molecule has 1 aliphatic heterocycles. The molecule has 1 rings (SSSR count). The van der Waals surface area contributed by atoms with E-state index < -0.39 is 0 Å². The van der Waals surface area contributed by atoms with E-state index in [0.29, 0.717) is 0 Å². The smallest absolute Gasteiger partial charge is 0.0620 e. The van der Waals surface area contributed by atoms with Crippen LogP contribution in [0.1, 0.15) is 6.92 Å². The van der Waals surface area contributed by atoms with E-state index in [-0.39, 0.29) is 0 Å². The van der Waals surface area contributed by atoms with Gasteiger partial charge < -0.3 is 10.6 Å². The summed E-state index contributed by atoms with van der Waals surface area (Å²) in [7, 11) is 0. The molecule has 0 bridgehead atoms. The Morgan fingerprint density at radius 1 is 0.933 bits per heavy atom. The standard InChI is InChI=1S/C13H16N2/c1-5-9-13-12(8-4)14-10(6-2)11(7-3)15-13/h5-9,14-15H,1-3H2,4H3/b12-8+,13-9+. The minimum absolute atomic E-state index is 0.920. The molecule has 2 nitrogen and oxygen atoms in total. The zero-order valence-corrected chi connectivity index (χ0v) is 9.01. The Hall–Kier alpha value is -1.96. The summed E-state index contributed by atoms with van der Waals surface area (Å²) in [4.78, 5) is 0. The van der Waals surface area contributed by atoms with E-state index in [1.54, 1.807) is 18.2 Å². The van der Waals surface area contributed by atoms with Crippen molar-refractivity contribution in [2.75, 3.05) is 0 Å². The SMILES string of the molecule is C=C/C=C1/NC(C=C)=C(C=C)N/C1=C/C. The van der Waals surface area contributed by atoms with E-state index in [9.17, 15) is 0 Å². The van der Waals surface area contributed by atoms with Crippen LogP contribution in [0.2, 0.25) is 0 Å². The van der Waals surface area contributed by atoms with Crippen LogP contribution in [-0.2, 0) is 0 Å². The first kappa shape index (κ1) is 11.1. The lowest BCUT2D eigenvalue weighted by molar-refractivity contribution is 0.841. The van der Waals surface area contributed by atoms with Crippen LogP contribution in [0, 0.1) is 0 Å². The Morgan fingerprint density at radius 2 is 1.47 bits per heavy atom. The lowest BCUT2D eigenvalue weighted by atomic mass is 10.1. The summed E-state index contributed by atoms with van der Waals surface area (Å²) in [6.45, 7) is 13.1. The highest BCUT2D eigenvalue weighted by molar-refractivity contribution is 5.46. The molecule has 0 aromatic heterocycles. The van der Waals surface area contributed by atoms with Crippen molar-refractivity contribution >= 4 is 0 Å². The van der Waals surface area contributed by atoms with Gasteiger partial charge in [-0.3, -0.25) is 0 Å². The molecule has 0 fully saturated rings. The molecule has 0 aliphatic carbocycles. The number of hydrogen-bond acceptors (Lipinski definition) is 2. The van der Waals surface area contributed by atoms with Crippen LogP contribution in [0.25, 0.3) is 0 Å². The van der Waals surface area contributed by atoms with Crippen molar-refractivity contribution in [1.82, 2.24) is 10.6 Å². The van der Waals surface area contributed by atoms with Crippen molar-refractivity contribution in [3.8, 4) is 0 Å². The van der Waals surface area contributed by atoms with Crippen LogP contribution in [0.3, 0.4) is 0 Å². The quantitative estimate of drug-likeness (QED) is 0.732. The highest BCUT2D eigenvalue weighted by Crippen LogP contribution is 2.17. The first-order valence-corrected chi connectivity index (χ1v) is 4.79. The van der Waals surface area contributed by atoms with Gasteiger partial charge in [0.25, 0.3) is 0 Å². The van der Waals surface area contributed by atoms with Crippen molar-refractivity contribution in [2.45, 2.75) is 6.92 Å². The molecule has 78 valence electrons. The van der Waals surface area contributed by atoms with Crippen LogP contribution in [0.15, 0.2) is 72.9 Å². The van der Waals surface area contributed by atoms with Crippen molar-refractivity contribution in [2.24, 2.45) is 0 Å². The van der Waals surface area contributed by atoms with Crippen LogP contribution < -0.4 is 10.6 Å². The Balaban J connectivity index is 3.16. The van der Waals surface area contributed by atoms with Gasteiger partial charge in [-0.05, 0) is 25.2 Å². The van der Waals surface area contributed by atoms with Crippen LogP contribution in [0.5, 0.6) is 0 Å². The van der Waals surface area contributed by atoms with Crippen molar-refractivity contribution in [3.05, 3.63) is 72.9 Å². The molecule has 0 radical (unpaired) electrons. The van der Waals surface area contributed by atoms with Gasteiger partial charge in [0.2, 0.25) is 0 Å². The lowest BCUT2D eigenvalue weighted by Crippen LogP contribution is -2.30. The summed E-state index contributed by atoms with van der Waals surface area (Å²) in [6, 6.07) is 0. The normalized spacial score (nSPS) is 20.9. The van der Waals surface area contributed by atoms with Gasteiger partial charge in [0.1, 0.15) is 0 Å². The second kappa shape index (κ2) is 5.05. The van der Waals surface area contributed by atoms with Crippen molar-refractivity contribution in [3.63, 3.8) is 0 Å². The van der Waals surface area contributed by atoms with Gasteiger partial charge in [0, 0.05) is 0 Å². The summed E-state index contributed by atoms with van der Waals surface area (Å²) in [5, 5.41) is 6.52. The Morgan fingerprint density at radius 3 is 1.87 bits per heavy atom. The number of rotatable bonds is 3. The molecule has 0 spiro atoms. The van der Waals surface area contributed by atoms with E-state index in [1.165, 1.54) is 0 Å². The molecular weight excluding hydrogens is 184 g/mol. The molecule has 1 heterocycles. The Labute approximate surface area is 91.1 Å². The third-order valence-corrected chi connectivity index (χ3v) is 2.10. The second-order valence-corrected chi connectivity index (χ2v) is 3.00. The van der Waals surface area contributed by atoms with Gasteiger partial charge in [-0.1, -0.05) is 31.9 Å². The largest absolute Gasteiger partial charge is 0.352 e. The third-order valence-electron chi connectivity index (χ3n) is 2.10. The molecular formula is C13H16N2. The highest BCUT2D eigenvalue weighted by atomic mass is 15.1. The van der Waals surface area contributed by atoms with Gasteiger partial charge in [-0.2, -0.15) is 0 Å². The molecule has 0 amide bonds. The Kier molecular flexibility index (Phi) is 3.75. The molecule has 0 aromatic carbocycles. The van der Waals surface area contributed by atoms with E-state index in [4.69, 9.17) is 0 Å². The average Bonchev–Trinajstić information content (AvgIpc) is 2.28. The first-order chi connectivity index (χ1) is 7.26. The van der Waals surface area contributed by atoms with Crippen LogP contribution in [-0.4, -0.2) is 0 Å². The predicted octanol–water partition coefficient (Wildman–Crippen LogP) is 2.74. The lowest BCUT2D eigenvalue weighted by Gasteiger charge is -2.25. The maximum absolute atomic E-state index is 3.75.